The van der Waals surface area contributed by atoms with Crippen LogP contribution in [0.25, 0.3) is 0 Å². The first-order valence-electron chi connectivity index (χ1n) is 5.99. The molecule has 2 aliphatic carbocycles. The van der Waals surface area contributed by atoms with Crippen molar-refractivity contribution in [1.82, 2.24) is 5.32 Å². The lowest BCUT2D eigenvalue weighted by atomic mass is 10.2. The van der Waals surface area contributed by atoms with Crippen LogP contribution in [0.4, 0.5) is 0 Å². The summed E-state index contributed by atoms with van der Waals surface area (Å²) < 4.78 is 0. The Morgan fingerprint density at radius 3 is 2.87 bits per heavy atom. The van der Waals surface area contributed by atoms with Crippen LogP contribution in [0.3, 0.4) is 0 Å². The molecule has 2 unspecified atom stereocenters. The minimum absolute atomic E-state index is 0.528. The van der Waals surface area contributed by atoms with Crippen molar-refractivity contribution in [1.29, 1.82) is 0 Å². The fourth-order valence-corrected chi connectivity index (χ4v) is 3.25. The van der Waals surface area contributed by atoms with E-state index in [2.05, 4.69) is 29.0 Å². The van der Waals surface area contributed by atoms with Crippen LogP contribution in [0.2, 0.25) is 0 Å². The summed E-state index contributed by atoms with van der Waals surface area (Å²) in [7, 11) is 0. The van der Waals surface area contributed by atoms with Crippen LogP contribution in [0.5, 0.6) is 0 Å². The second-order valence-corrected chi connectivity index (χ2v) is 6.05. The topological polar surface area (TPSA) is 50.4 Å². The Labute approximate surface area is 96.3 Å². The quantitative estimate of drug-likeness (QED) is 0.568. The van der Waals surface area contributed by atoms with Gasteiger partial charge in [-0.15, -0.1) is 0 Å². The molecule has 2 rings (SSSR count). The molecule has 2 saturated carbocycles. The molecule has 0 aliphatic heterocycles. The van der Waals surface area contributed by atoms with Crippen LogP contribution in [-0.4, -0.2) is 29.0 Å². The molecule has 0 aromatic rings. The van der Waals surface area contributed by atoms with Gasteiger partial charge in [0.05, 0.1) is 6.04 Å². The number of rotatable bonds is 4. The van der Waals surface area contributed by atoms with Crippen LogP contribution in [0.15, 0.2) is 4.99 Å². The van der Waals surface area contributed by atoms with Crippen molar-refractivity contribution in [2.24, 2.45) is 10.7 Å². The minimum Gasteiger partial charge on any atom is -0.370 e. The smallest absolute Gasteiger partial charge is 0.189 e. The molecular weight excluding hydrogens is 206 g/mol. The zero-order chi connectivity index (χ0) is 10.7. The van der Waals surface area contributed by atoms with Crippen molar-refractivity contribution >= 4 is 17.7 Å². The number of hydrogen-bond donors (Lipinski definition) is 2. The Morgan fingerprint density at radius 2 is 2.20 bits per heavy atom. The first-order valence-corrected chi connectivity index (χ1v) is 7.04. The van der Waals surface area contributed by atoms with Crippen LogP contribution < -0.4 is 11.1 Å². The largest absolute Gasteiger partial charge is 0.370 e. The predicted molar refractivity (Wildman–Crippen MR) is 67.3 cm³/mol. The van der Waals surface area contributed by atoms with Gasteiger partial charge in [-0.1, -0.05) is 6.92 Å². The summed E-state index contributed by atoms with van der Waals surface area (Å²) in [6, 6.07) is 1.09. The Bertz CT molecular complexity index is 238. The highest BCUT2D eigenvalue weighted by Gasteiger charge is 2.26. The number of aliphatic imine (C=N–C) groups is 1. The molecule has 0 amide bonds. The molecule has 0 saturated heterocycles. The maximum absolute atomic E-state index is 5.85. The van der Waals surface area contributed by atoms with Crippen LogP contribution in [0, 0.1) is 0 Å². The third-order valence-electron chi connectivity index (χ3n) is 3.01. The zero-order valence-electron chi connectivity index (χ0n) is 9.41. The average molecular weight is 227 g/mol. The summed E-state index contributed by atoms with van der Waals surface area (Å²) in [6.07, 6.45) is 6.27. The van der Waals surface area contributed by atoms with Crippen molar-refractivity contribution in [3.05, 3.63) is 0 Å². The van der Waals surface area contributed by atoms with E-state index in [0.29, 0.717) is 18.0 Å². The Morgan fingerprint density at radius 1 is 1.40 bits per heavy atom. The molecule has 2 aliphatic rings. The van der Waals surface area contributed by atoms with E-state index in [9.17, 15) is 0 Å². The molecule has 0 bridgehead atoms. The molecule has 2 atom stereocenters. The van der Waals surface area contributed by atoms with E-state index >= 15 is 0 Å². The van der Waals surface area contributed by atoms with Gasteiger partial charge in [0.25, 0.3) is 0 Å². The third-order valence-corrected chi connectivity index (χ3v) is 4.24. The lowest BCUT2D eigenvalue weighted by molar-refractivity contribution is 0.626. The molecule has 15 heavy (non-hydrogen) atoms. The maximum atomic E-state index is 5.85. The van der Waals surface area contributed by atoms with Crippen molar-refractivity contribution in [2.75, 3.05) is 5.75 Å². The Kier molecular flexibility index (Phi) is 3.78. The summed E-state index contributed by atoms with van der Waals surface area (Å²) in [5, 5.41) is 4.19. The molecule has 0 aromatic carbocycles. The van der Waals surface area contributed by atoms with Crippen LogP contribution in [-0.2, 0) is 0 Å². The summed E-state index contributed by atoms with van der Waals surface area (Å²) in [4.78, 5) is 4.40. The molecule has 0 heterocycles. The van der Waals surface area contributed by atoms with Gasteiger partial charge in [-0.3, -0.25) is 4.99 Å². The van der Waals surface area contributed by atoms with E-state index in [1.54, 1.807) is 0 Å². The first-order chi connectivity index (χ1) is 7.28. The van der Waals surface area contributed by atoms with E-state index in [1.165, 1.54) is 37.9 Å². The summed E-state index contributed by atoms with van der Waals surface area (Å²) >= 11 is 2.08. The van der Waals surface area contributed by atoms with E-state index in [4.69, 9.17) is 5.73 Å². The molecule has 86 valence electrons. The highest BCUT2D eigenvalue weighted by Crippen LogP contribution is 2.29. The van der Waals surface area contributed by atoms with Gasteiger partial charge in [0.15, 0.2) is 5.96 Å². The minimum atomic E-state index is 0.528. The van der Waals surface area contributed by atoms with Gasteiger partial charge in [0, 0.05) is 11.3 Å². The molecule has 3 nitrogen and oxygen atoms in total. The fraction of sp³-hybridized carbons (Fsp3) is 0.909. The highest BCUT2D eigenvalue weighted by molar-refractivity contribution is 7.99. The van der Waals surface area contributed by atoms with Gasteiger partial charge in [-0.25, -0.2) is 0 Å². The van der Waals surface area contributed by atoms with Gasteiger partial charge >= 0.3 is 0 Å². The highest BCUT2D eigenvalue weighted by atomic mass is 32.2. The maximum Gasteiger partial charge on any atom is 0.189 e. The Balaban J connectivity index is 1.71. The van der Waals surface area contributed by atoms with Gasteiger partial charge in [-0.2, -0.15) is 11.8 Å². The Hall–Kier alpha value is -0.380. The normalized spacial score (nSPS) is 31.9. The van der Waals surface area contributed by atoms with Gasteiger partial charge in [-0.05, 0) is 37.9 Å². The second-order valence-electron chi connectivity index (χ2n) is 4.48. The first kappa shape index (κ1) is 11.1. The monoisotopic (exact) mass is 227 g/mol. The lowest BCUT2D eigenvalue weighted by Crippen LogP contribution is -2.39. The number of nitrogens with two attached hydrogens (primary N) is 1. The van der Waals surface area contributed by atoms with Crippen LogP contribution in [0.1, 0.15) is 39.0 Å². The molecule has 0 spiro atoms. The summed E-state index contributed by atoms with van der Waals surface area (Å²) in [6.45, 7) is 2.23. The molecule has 0 radical (unpaired) electrons. The second kappa shape index (κ2) is 5.10. The van der Waals surface area contributed by atoms with Crippen molar-refractivity contribution in [2.45, 2.75) is 56.4 Å². The average Bonchev–Trinajstić information content (AvgIpc) is 2.88. The van der Waals surface area contributed by atoms with E-state index in [-0.39, 0.29) is 0 Å². The number of hydrogen-bond acceptors (Lipinski definition) is 2. The van der Waals surface area contributed by atoms with Crippen molar-refractivity contribution in [3.8, 4) is 0 Å². The summed E-state index contributed by atoms with van der Waals surface area (Å²) in [5.74, 6) is 1.90. The van der Waals surface area contributed by atoms with Crippen molar-refractivity contribution in [3.63, 3.8) is 0 Å². The van der Waals surface area contributed by atoms with Gasteiger partial charge < -0.3 is 11.1 Å². The number of guanidine groups is 1. The number of nitrogens with one attached hydrogen (secondary N) is 1. The zero-order valence-corrected chi connectivity index (χ0v) is 10.2. The fourth-order valence-electron chi connectivity index (χ4n) is 2.11. The molecule has 2 fully saturated rings. The SMILES string of the molecule is CCSC1CCC(NC(N)=NC2CC2)C1. The number of thioether (sulfide) groups is 1. The third kappa shape index (κ3) is 3.59. The van der Waals surface area contributed by atoms with Gasteiger partial charge in [0.1, 0.15) is 0 Å². The molecular formula is C11H21N3S. The number of nitrogens with zero attached hydrogens (tertiary/aromatic N) is 1. The predicted octanol–water partition coefficient (Wildman–Crippen LogP) is 1.73. The van der Waals surface area contributed by atoms with E-state index in [0.717, 1.165) is 5.25 Å². The summed E-state index contributed by atoms with van der Waals surface area (Å²) in [5.41, 5.74) is 5.85. The molecule has 4 heteroatoms. The van der Waals surface area contributed by atoms with E-state index in [1.807, 2.05) is 0 Å². The molecule has 3 N–H and O–H groups in total. The van der Waals surface area contributed by atoms with Crippen molar-refractivity contribution < 1.29 is 0 Å². The standard InChI is InChI=1S/C11H21N3S/c1-2-15-10-6-5-9(7-10)14-11(12)13-8-3-4-8/h8-10H,2-7H2,1H3,(H3,12,13,14). The molecule has 0 aromatic heterocycles. The van der Waals surface area contributed by atoms with E-state index < -0.39 is 0 Å². The van der Waals surface area contributed by atoms with Crippen LogP contribution >= 0.6 is 11.8 Å². The lowest BCUT2D eigenvalue weighted by Gasteiger charge is -2.13. The van der Waals surface area contributed by atoms with Gasteiger partial charge in [0.2, 0.25) is 0 Å².